The Morgan fingerprint density at radius 1 is 1.33 bits per heavy atom. The van der Waals surface area contributed by atoms with Gasteiger partial charge in [-0.3, -0.25) is 9.80 Å². The minimum Gasteiger partial charge on any atom is -0.440 e. The Kier molecular flexibility index (Phi) is 5.37. The Morgan fingerprint density at radius 2 is 2.00 bits per heavy atom. The first-order chi connectivity index (χ1) is 12.5. The van der Waals surface area contributed by atoms with E-state index in [1.807, 2.05) is 0 Å². The fourth-order valence-corrected chi connectivity index (χ4v) is 4.63. The maximum Gasteiger partial charge on any atom is 0.416 e. The normalized spacial score (nSPS) is 24.9. The lowest BCUT2D eigenvalue weighted by atomic mass is 10.1. The zero-order valence-electron chi connectivity index (χ0n) is 16.6. The number of nitrogens with zero attached hydrogens (tertiary/aromatic N) is 2. The molecule has 1 aromatic rings. The fourth-order valence-electron chi connectivity index (χ4n) is 3.29. The summed E-state index contributed by atoms with van der Waals surface area (Å²) in [6, 6.07) is 5.86. The SMILES string of the molecule is CC(C)(C)[Si](C)(C)OC1CN(C2C(CO)OC(=O)N2c2cccc(F)c2)C1. The van der Waals surface area contributed by atoms with Crippen molar-refractivity contribution in [2.45, 2.75) is 57.3 Å². The van der Waals surface area contributed by atoms with Crippen molar-refractivity contribution in [3.63, 3.8) is 0 Å². The van der Waals surface area contributed by atoms with E-state index >= 15 is 0 Å². The predicted molar refractivity (Wildman–Crippen MR) is 104 cm³/mol. The van der Waals surface area contributed by atoms with Gasteiger partial charge in [0.25, 0.3) is 0 Å². The van der Waals surface area contributed by atoms with Crippen molar-refractivity contribution in [3.8, 4) is 0 Å². The monoisotopic (exact) mass is 396 g/mol. The van der Waals surface area contributed by atoms with Crippen molar-refractivity contribution < 1.29 is 23.5 Å². The summed E-state index contributed by atoms with van der Waals surface area (Å²) in [6.45, 7) is 12.0. The standard InChI is InChI=1S/C19H29FN2O4Si/c1-19(2,3)27(4,5)26-15-10-21(11-15)17-16(12-23)25-18(24)22(17)14-8-6-7-13(20)9-14/h6-9,15-17,23H,10-12H2,1-5H3. The van der Waals surface area contributed by atoms with E-state index in [-0.39, 0.29) is 17.7 Å². The van der Waals surface area contributed by atoms with E-state index in [4.69, 9.17) is 9.16 Å². The molecule has 8 heteroatoms. The molecule has 150 valence electrons. The maximum absolute atomic E-state index is 13.7. The van der Waals surface area contributed by atoms with Gasteiger partial charge in [-0.05, 0) is 36.3 Å². The van der Waals surface area contributed by atoms with Gasteiger partial charge in [-0.25, -0.2) is 9.18 Å². The van der Waals surface area contributed by atoms with E-state index in [1.54, 1.807) is 12.1 Å². The molecule has 1 N–H and O–H groups in total. The van der Waals surface area contributed by atoms with Gasteiger partial charge in [-0.2, -0.15) is 0 Å². The number of hydrogen-bond donors (Lipinski definition) is 1. The number of rotatable bonds is 5. The third kappa shape index (κ3) is 3.89. The number of hydrogen-bond acceptors (Lipinski definition) is 5. The molecule has 2 unspecified atom stereocenters. The molecule has 2 heterocycles. The molecule has 0 aliphatic carbocycles. The van der Waals surface area contributed by atoms with Crippen molar-refractivity contribution in [2.75, 3.05) is 24.6 Å². The Bertz CT molecular complexity index is 703. The van der Waals surface area contributed by atoms with Crippen LogP contribution < -0.4 is 4.90 Å². The van der Waals surface area contributed by atoms with E-state index in [2.05, 4.69) is 38.8 Å². The number of amides is 1. The second kappa shape index (κ2) is 7.16. The Morgan fingerprint density at radius 3 is 2.56 bits per heavy atom. The number of likely N-dealkylation sites (tertiary alicyclic amines) is 1. The van der Waals surface area contributed by atoms with Gasteiger partial charge in [0.15, 0.2) is 14.4 Å². The van der Waals surface area contributed by atoms with Gasteiger partial charge in [0.05, 0.1) is 18.4 Å². The van der Waals surface area contributed by atoms with Gasteiger partial charge in [0.1, 0.15) is 12.0 Å². The van der Waals surface area contributed by atoms with Crippen LogP contribution in [-0.2, 0) is 9.16 Å². The van der Waals surface area contributed by atoms with Gasteiger partial charge >= 0.3 is 6.09 Å². The lowest BCUT2D eigenvalue weighted by Crippen LogP contribution is -2.65. The van der Waals surface area contributed by atoms with Gasteiger partial charge in [0.2, 0.25) is 0 Å². The smallest absolute Gasteiger partial charge is 0.416 e. The highest BCUT2D eigenvalue weighted by atomic mass is 28.4. The lowest BCUT2D eigenvalue weighted by Gasteiger charge is -2.49. The average molecular weight is 397 g/mol. The quantitative estimate of drug-likeness (QED) is 0.775. The summed E-state index contributed by atoms with van der Waals surface area (Å²) >= 11 is 0. The van der Waals surface area contributed by atoms with Crippen LogP contribution in [-0.4, -0.2) is 62.5 Å². The van der Waals surface area contributed by atoms with Crippen molar-refractivity contribution in [3.05, 3.63) is 30.1 Å². The molecule has 1 amide bonds. The molecular weight excluding hydrogens is 367 g/mol. The van der Waals surface area contributed by atoms with Gasteiger partial charge in [-0.15, -0.1) is 0 Å². The summed E-state index contributed by atoms with van der Waals surface area (Å²) in [7, 11) is -1.87. The first-order valence-corrected chi connectivity index (χ1v) is 12.2. The number of ether oxygens (including phenoxy) is 1. The maximum atomic E-state index is 13.7. The summed E-state index contributed by atoms with van der Waals surface area (Å²) in [4.78, 5) is 15.8. The molecule has 2 aliphatic rings. The molecule has 2 aliphatic heterocycles. The van der Waals surface area contributed by atoms with Crippen LogP contribution >= 0.6 is 0 Å². The zero-order chi connectivity index (χ0) is 20.0. The fraction of sp³-hybridized carbons (Fsp3) is 0.632. The molecule has 3 rings (SSSR count). The molecule has 0 saturated carbocycles. The highest BCUT2D eigenvalue weighted by Gasteiger charge is 2.51. The van der Waals surface area contributed by atoms with Crippen LogP contribution in [0.1, 0.15) is 20.8 Å². The predicted octanol–water partition coefficient (Wildman–Crippen LogP) is 3.18. The first-order valence-electron chi connectivity index (χ1n) is 9.31. The number of benzene rings is 1. The summed E-state index contributed by atoms with van der Waals surface area (Å²) in [6.07, 6.45) is -1.62. The van der Waals surface area contributed by atoms with Crippen LogP contribution in [0.25, 0.3) is 0 Å². The Labute approximate surface area is 161 Å². The Hall–Kier alpha value is -1.48. The number of carbonyl (C=O) groups is 1. The van der Waals surface area contributed by atoms with E-state index in [1.165, 1.54) is 17.0 Å². The second-order valence-electron chi connectivity index (χ2n) is 8.82. The van der Waals surface area contributed by atoms with Crippen LogP contribution in [0, 0.1) is 5.82 Å². The summed E-state index contributed by atoms with van der Waals surface area (Å²) < 4.78 is 25.4. The van der Waals surface area contributed by atoms with Crippen molar-refractivity contribution in [2.24, 2.45) is 0 Å². The summed E-state index contributed by atoms with van der Waals surface area (Å²) in [5, 5.41) is 9.80. The van der Waals surface area contributed by atoms with E-state index in [0.717, 1.165) is 0 Å². The van der Waals surface area contributed by atoms with E-state index in [0.29, 0.717) is 18.8 Å². The number of anilines is 1. The second-order valence-corrected chi connectivity index (χ2v) is 13.6. The van der Waals surface area contributed by atoms with Gasteiger partial charge in [0, 0.05) is 13.1 Å². The molecule has 1 aromatic carbocycles. The van der Waals surface area contributed by atoms with Crippen molar-refractivity contribution in [1.82, 2.24) is 4.90 Å². The van der Waals surface area contributed by atoms with Gasteiger partial charge in [-0.1, -0.05) is 26.8 Å². The lowest BCUT2D eigenvalue weighted by molar-refractivity contribution is -0.0447. The minimum absolute atomic E-state index is 0.0929. The van der Waals surface area contributed by atoms with Crippen LogP contribution in [0.3, 0.4) is 0 Å². The molecule has 0 bridgehead atoms. The molecule has 0 aromatic heterocycles. The number of aliphatic hydroxyl groups is 1. The largest absolute Gasteiger partial charge is 0.440 e. The number of aliphatic hydroxyl groups excluding tert-OH is 1. The third-order valence-electron chi connectivity index (χ3n) is 5.83. The van der Waals surface area contributed by atoms with Gasteiger partial charge < -0.3 is 14.3 Å². The van der Waals surface area contributed by atoms with E-state index < -0.39 is 32.5 Å². The number of halogens is 1. The molecule has 2 saturated heterocycles. The van der Waals surface area contributed by atoms with Crippen LogP contribution in [0.5, 0.6) is 0 Å². The molecule has 27 heavy (non-hydrogen) atoms. The molecule has 6 nitrogen and oxygen atoms in total. The van der Waals surface area contributed by atoms with Crippen LogP contribution in [0.4, 0.5) is 14.9 Å². The molecule has 2 atom stereocenters. The summed E-state index contributed by atoms with van der Waals surface area (Å²) in [5.74, 6) is -0.422. The highest BCUT2D eigenvalue weighted by molar-refractivity contribution is 6.74. The van der Waals surface area contributed by atoms with Crippen LogP contribution in [0.15, 0.2) is 24.3 Å². The van der Waals surface area contributed by atoms with E-state index in [9.17, 15) is 14.3 Å². The minimum atomic E-state index is -1.87. The average Bonchev–Trinajstić information content (AvgIpc) is 2.85. The van der Waals surface area contributed by atoms with Crippen molar-refractivity contribution in [1.29, 1.82) is 0 Å². The van der Waals surface area contributed by atoms with Crippen molar-refractivity contribution >= 4 is 20.1 Å². The highest BCUT2D eigenvalue weighted by Crippen LogP contribution is 2.39. The molecular formula is C19H29FN2O4Si. The number of cyclic esters (lactones) is 1. The zero-order valence-corrected chi connectivity index (χ0v) is 17.6. The topological polar surface area (TPSA) is 62.2 Å². The molecule has 2 fully saturated rings. The first kappa shape index (κ1) is 20.3. The molecule has 0 radical (unpaired) electrons. The third-order valence-corrected chi connectivity index (χ3v) is 10.4. The van der Waals surface area contributed by atoms with Crippen LogP contribution in [0.2, 0.25) is 18.1 Å². The molecule has 0 spiro atoms. The summed E-state index contributed by atoms with van der Waals surface area (Å²) in [5.41, 5.74) is 0.426. The Balaban J connectivity index is 1.73. The number of carbonyl (C=O) groups excluding carboxylic acids is 1.